The summed E-state index contributed by atoms with van der Waals surface area (Å²) in [5, 5.41) is 14.8. The fourth-order valence-electron chi connectivity index (χ4n) is 3.65. The molecule has 1 saturated heterocycles. The Balaban J connectivity index is 1.30. The van der Waals surface area contributed by atoms with Gasteiger partial charge in [0.15, 0.2) is 11.6 Å². The standard InChI is InChI=1S/C18H22BrN5O3/c19-14-3-1-13(2-4-14)11-16-21-22-23-24(16)12-17(25)20-15-5-7-18(8-6-15)26-9-10-27-18/h1-4,15H,5-12H2,(H,20,25). The Hall–Kier alpha value is -1.84. The molecule has 1 aliphatic carbocycles. The first-order chi connectivity index (χ1) is 13.1. The van der Waals surface area contributed by atoms with Gasteiger partial charge in [0.05, 0.1) is 13.2 Å². The SMILES string of the molecule is O=C(Cn1nnnc1Cc1ccc(Br)cc1)NC1CCC2(CC1)OCCO2. The first-order valence-electron chi connectivity index (χ1n) is 9.19. The number of nitrogens with zero attached hydrogens (tertiary/aromatic N) is 4. The molecule has 2 heterocycles. The highest BCUT2D eigenvalue weighted by Crippen LogP contribution is 2.35. The molecule has 4 rings (SSSR count). The Morgan fingerprint density at radius 1 is 1.22 bits per heavy atom. The number of benzene rings is 1. The van der Waals surface area contributed by atoms with Crippen LogP contribution in [0.4, 0.5) is 0 Å². The van der Waals surface area contributed by atoms with Crippen molar-refractivity contribution >= 4 is 21.8 Å². The number of hydrogen-bond acceptors (Lipinski definition) is 6. The zero-order valence-corrected chi connectivity index (χ0v) is 16.5. The number of carbonyl (C=O) groups is 1. The van der Waals surface area contributed by atoms with Crippen LogP contribution in [0.2, 0.25) is 0 Å². The minimum atomic E-state index is -0.408. The van der Waals surface area contributed by atoms with Crippen molar-refractivity contribution in [3.8, 4) is 0 Å². The summed E-state index contributed by atoms with van der Waals surface area (Å²) in [5.41, 5.74) is 1.09. The third-order valence-corrected chi connectivity index (χ3v) is 5.63. The summed E-state index contributed by atoms with van der Waals surface area (Å²) >= 11 is 3.42. The summed E-state index contributed by atoms with van der Waals surface area (Å²) in [6.45, 7) is 1.45. The Labute approximate surface area is 165 Å². The van der Waals surface area contributed by atoms with Crippen molar-refractivity contribution in [2.45, 2.75) is 50.5 Å². The average Bonchev–Trinajstić information content (AvgIpc) is 3.29. The summed E-state index contributed by atoms with van der Waals surface area (Å²) < 4.78 is 14.0. The van der Waals surface area contributed by atoms with Gasteiger partial charge in [0.25, 0.3) is 0 Å². The number of hydrogen-bond donors (Lipinski definition) is 1. The number of rotatable bonds is 5. The van der Waals surface area contributed by atoms with E-state index in [2.05, 4.69) is 36.8 Å². The molecule has 2 aromatic rings. The number of carbonyl (C=O) groups excluding carboxylic acids is 1. The van der Waals surface area contributed by atoms with E-state index in [0.29, 0.717) is 25.5 Å². The maximum Gasteiger partial charge on any atom is 0.242 e. The minimum absolute atomic E-state index is 0.0754. The third-order valence-electron chi connectivity index (χ3n) is 5.10. The first-order valence-corrected chi connectivity index (χ1v) is 9.98. The van der Waals surface area contributed by atoms with Gasteiger partial charge in [0.1, 0.15) is 6.54 Å². The van der Waals surface area contributed by atoms with E-state index in [9.17, 15) is 4.79 Å². The quantitative estimate of drug-likeness (QED) is 0.769. The van der Waals surface area contributed by atoms with E-state index in [1.165, 1.54) is 0 Å². The van der Waals surface area contributed by atoms with Crippen molar-refractivity contribution in [1.29, 1.82) is 0 Å². The molecular weight excluding hydrogens is 414 g/mol. The largest absolute Gasteiger partial charge is 0.352 e. The van der Waals surface area contributed by atoms with Crippen molar-refractivity contribution in [3.63, 3.8) is 0 Å². The molecule has 1 aromatic carbocycles. The second kappa shape index (κ2) is 8.04. The summed E-state index contributed by atoms with van der Waals surface area (Å²) in [6, 6.07) is 8.11. The van der Waals surface area contributed by atoms with Crippen LogP contribution in [0.5, 0.6) is 0 Å². The van der Waals surface area contributed by atoms with Crippen LogP contribution in [0.3, 0.4) is 0 Å². The van der Waals surface area contributed by atoms with E-state index in [-0.39, 0.29) is 18.5 Å². The van der Waals surface area contributed by atoms with E-state index in [0.717, 1.165) is 35.7 Å². The molecule has 144 valence electrons. The molecule has 1 N–H and O–H groups in total. The molecule has 1 saturated carbocycles. The molecule has 0 atom stereocenters. The van der Waals surface area contributed by atoms with Gasteiger partial charge in [-0.25, -0.2) is 4.68 Å². The van der Waals surface area contributed by atoms with E-state index >= 15 is 0 Å². The van der Waals surface area contributed by atoms with E-state index in [1.54, 1.807) is 4.68 Å². The molecule has 1 spiro atoms. The molecule has 0 bridgehead atoms. The normalized spacial score (nSPS) is 19.4. The molecule has 1 aliphatic heterocycles. The highest BCUT2D eigenvalue weighted by molar-refractivity contribution is 9.10. The van der Waals surface area contributed by atoms with Crippen LogP contribution in [-0.2, 0) is 27.2 Å². The van der Waals surface area contributed by atoms with E-state index < -0.39 is 5.79 Å². The van der Waals surface area contributed by atoms with Crippen molar-refractivity contribution in [2.75, 3.05) is 13.2 Å². The number of tetrazole rings is 1. The summed E-state index contributed by atoms with van der Waals surface area (Å²) in [7, 11) is 0. The molecule has 8 nitrogen and oxygen atoms in total. The maximum atomic E-state index is 12.4. The fourth-order valence-corrected chi connectivity index (χ4v) is 3.92. The number of ether oxygens (including phenoxy) is 2. The van der Waals surface area contributed by atoms with Crippen LogP contribution in [0.15, 0.2) is 28.7 Å². The van der Waals surface area contributed by atoms with Gasteiger partial charge < -0.3 is 14.8 Å². The molecule has 2 fully saturated rings. The Morgan fingerprint density at radius 2 is 1.93 bits per heavy atom. The predicted molar refractivity (Wildman–Crippen MR) is 99.8 cm³/mol. The molecule has 1 aromatic heterocycles. The van der Waals surface area contributed by atoms with Crippen LogP contribution in [0.1, 0.15) is 37.1 Å². The van der Waals surface area contributed by atoms with Gasteiger partial charge in [-0.3, -0.25) is 4.79 Å². The van der Waals surface area contributed by atoms with Gasteiger partial charge in [-0.15, -0.1) is 5.10 Å². The van der Waals surface area contributed by atoms with Crippen molar-refractivity contribution in [2.24, 2.45) is 0 Å². The second-order valence-corrected chi connectivity index (χ2v) is 7.92. The lowest BCUT2D eigenvalue weighted by molar-refractivity contribution is -0.180. The molecule has 27 heavy (non-hydrogen) atoms. The lowest BCUT2D eigenvalue weighted by atomic mass is 9.90. The summed E-state index contributed by atoms with van der Waals surface area (Å²) in [6.07, 6.45) is 3.92. The van der Waals surface area contributed by atoms with E-state index in [1.807, 2.05) is 24.3 Å². The zero-order valence-electron chi connectivity index (χ0n) is 14.9. The van der Waals surface area contributed by atoms with Crippen molar-refractivity contribution < 1.29 is 14.3 Å². The van der Waals surface area contributed by atoms with E-state index in [4.69, 9.17) is 9.47 Å². The molecule has 2 aliphatic rings. The lowest BCUT2D eigenvalue weighted by Gasteiger charge is -2.35. The monoisotopic (exact) mass is 435 g/mol. The van der Waals surface area contributed by atoms with Gasteiger partial charge in [-0.1, -0.05) is 28.1 Å². The van der Waals surface area contributed by atoms with Crippen molar-refractivity contribution in [1.82, 2.24) is 25.5 Å². The predicted octanol–water partition coefficient (Wildman–Crippen LogP) is 1.83. The Bertz CT molecular complexity index is 779. The summed E-state index contributed by atoms with van der Waals surface area (Å²) in [4.78, 5) is 12.4. The molecule has 0 unspecified atom stereocenters. The zero-order chi connectivity index (χ0) is 18.7. The van der Waals surface area contributed by atoms with Crippen LogP contribution >= 0.6 is 15.9 Å². The molecule has 0 radical (unpaired) electrons. The van der Waals surface area contributed by atoms with Gasteiger partial charge in [0.2, 0.25) is 5.91 Å². The highest BCUT2D eigenvalue weighted by atomic mass is 79.9. The maximum absolute atomic E-state index is 12.4. The Morgan fingerprint density at radius 3 is 2.63 bits per heavy atom. The summed E-state index contributed by atoms with van der Waals surface area (Å²) in [5.74, 6) is 0.186. The number of halogens is 1. The smallest absolute Gasteiger partial charge is 0.242 e. The second-order valence-electron chi connectivity index (χ2n) is 7.01. The molecule has 1 amide bonds. The molecule has 9 heteroatoms. The fraction of sp³-hybridized carbons (Fsp3) is 0.556. The minimum Gasteiger partial charge on any atom is -0.352 e. The van der Waals surface area contributed by atoms with Crippen LogP contribution in [0.25, 0.3) is 0 Å². The van der Waals surface area contributed by atoms with Crippen LogP contribution in [-0.4, -0.2) is 51.2 Å². The van der Waals surface area contributed by atoms with Crippen LogP contribution < -0.4 is 5.32 Å². The Kier molecular flexibility index (Phi) is 5.51. The molecular formula is C18H22BrN5O3. The van der Waals surface area contributed by atoms with Gasteiger partial charge >= 0.3 is 0 Å². The lowest BCUT2D eigenvalue weighted by Crippen LogP contribution is -2.45. The number of nitrogens with one attached hydrogen (secondary N) is 1. The van der Waals surface area contributed by atoms with Gasteiger partial charge in [0, 0.05) is 29.8 Å². The third kappa shape index (κ3) is 4.53. The number of aromatic nitrogens is 4. The van der Waals surface area contributed by atoms with Gasteiger partial charge in [-0.05, 0) is 41.0 Å². The van der Waals surface area contributed by atoms with Crippen molar-refractivity contribution in [3.05, 3.63) is 40.1 Å². The average molecular weight is 436 g/mol. The topological polar surface area (TPSA) is 91.2 Å². The number of amides is 1. The highest BCUT2D eigenvalue weighted by Gasteiger charge is 2.40. The van der Waals surface area contributed by atoms with Crippen LogP contribution in [0, 0.1) is 0 Å². The first kappa shape index (κ1) is 18.5. The van der Waals surface area contributed by atoms with Gasteiger partial charge in [-0.2, -0.15) is 0 Å².